The van der Waals surface area contributed by atoms with Crippen LogP contribution in [0.4, 0.5) is 0 Å². The number of rotatable bonds is 7. The van der Waals surface area contributed by atoms with Crippen LogP contribution in [-0.2, 0) is 19.6 Å². The molecule has 4 nitrogen and oxygen atoms in total. The first-order chi connectivity index (χ1) is 13.0. The van der Waals surface area contributed by atoms with Crippen molar-refractivity contribution < 1.29 is 0 Å². The number of likely N-dealkylation sites (N-methyl/N-ethyl adjacent to an activating group) is 1. The topological polar surface area (TPSA) is 22.6 Å². The molecule has 1 fully saturated rings. The Labute approximate surface area is 164 Å². The molecule has 0 unspecified atom stereocenters. The zero-order valence-corrected chi connectivity index (χ0v) is 17.4. The van der Waals surface area contributed by atoms with Gasteiger partial charge in [-0.1, -0.05) is 30.7 Å². The van der Waals surface area contributed by atoms with Gasteiger partial charge in [-0.3, -0.25) is 14.8 Å². The SMILES string of the molecule is CCN1CCN(Cc2cc(C)cc(CN(C)Cc3ccccn3)c2C)CC1. The lowest BCUT2D eigenvalue weighted by molar-refractivity contribution is 0.131. The van der Waals surface area contributed by atoms with Crippen LogP contribution >= 0.6 is 0 Å². The van der Waals surface area contributed by atoms with Crippen LogP contribution in [0.5, 0.6) is 0 Å². The predicted molar refractivity (Wildman–Crippen MR) is 113 cm³/mol. The van der Waals surface area contributed by atoms with Gasteiger partial charge < -0.3 is 4.90 Å². The summed E-state index contributed by atoms with van der Waals surface area (Å²) in [5, 5.41) is 0. The summed E-state index contributed by atoms with van der Waals surface area (Å²) in [6.07, 6.45) is 1.87. The second-order valence-corrected chi connectivity index (χ2v) is 7.91. The van der Waals surface area contributed by atoms with Gasteiger partial charge in [-0.2, -0.15) is 0 Å². The van der Waals surface area contributed by atoms with Crippen molar-refractivity contribution >= 4 is 0 Å². The molecule has 0 N–H and O–H groups in total. The molecule has 0 bridgehead atoms. The van der Waals surface area contributed by atoms with E-state index >= 15 is 0 Å². The van der Waals surface area contributed by atoms with E-state index in [1.807, 2.05) is 12.3 Å². The van der Waals surface area contributed by atoms with Crippen molar-refractivity contribution in [2.45, 2.75) is 40.4 Å². The lowest BCUT2D eigenvalue weighted by Crippen LogP contribution is -2.45. The number of benzene rings is 1. The van der Waals surface area contributed by atoms with Gasteiger partial charge in [0.05, 0.1) is 5.69 Å². The van der Waals surface area contributed by atoms with Crippen LogP contribution in [0.3, 0.4) is 0 Å². The van der Waals surface area contributed by atoms with E-state index < -0.39 is 0 Å². The van der Waals surface area contributed by atoms with Crippen LogP contribution in [0.2, 0.25) is 0 Å². The van der Waals surface area contributed by atoms with Crippen molar-refractivity contribution in [3.8, 4) is 0 Å². The highest BCUT2D eigenvalue weighted by Crippen LogP contribution is 2.21. The zero-order chi connectivity index (χ0) is 19.2. The molecule has 3 rings (SSSR count). The molecule has 1 aliphatic rings. The van der Waals surface area contributed by atoms with Gasteiger partial charge in [0.15, 0.2) is 0 Å². The molecule has 1 aromatic heterocycles. The molecule has 27 heavy (non-hydrogen) atoms. The minimum atomic E-state index is 0.878. The summed E-state index contributed by atoms with van der Waals surface area (Å²) in [7, 11) is 2.18. The molecule has 0 atom stereocenters. The maximum absolute atomic E-state index is 4.46. The van der Waals surface area contributed by atoms with E-state index in [2.05, 4.69) is 71.8 Å². The third-order valence-corrected chi connectivity index (χ3v) is 5.67. The van der Waals surface area contributed by atoms with E-state index in [0.717, 1.165) is 25.3 Å². The molecular formula is C23H34N4. The van der Waals surface area contributed by atoms with E-state index in [-0.39, 0.29) is 0 Å². The Morgan fingerprint density at radius 2 is 1.67 bits per heavy atom. The summed E-state index contributed by atoms with van der Waals surface area (Å²) in [4.78, 5) is 12.0. The molecule has 0 aliphatic carbocycles. The Morgan fingerprint density at radius 1 is 0.963 bits per heavy atom. The summed E-state index contributed by atoms with van der Waals surface area (Å²) in [5.74, 6) is 0. The Kier molecular flexibility index (Phi) is 7.00. The normalized spacial score (nSPS) is 16.2. The van der Waals surface area contributed by atoms with Crippen LogP contribution in [0.25, 0.3) is 0 Å². The fourth-order valence-electron chi connectivity index (χ4n) is 3.96. The molecule has 1 aromatic carbocycles. The summed E-state index contributed by atoms with van der Waals surface area (Å²) < 4.78 is 0. The average molecular weight is 367 g/mol. The molecule has 0 amide bonds. The number of hydrogen-bond acceptors (Lipinski definition) is 4. The molecule has 0 saturated carbocycles. The van der Waals surface area contributed by atoms with Crippen molar-refractivity contribution in [2.75, 3.05) is 39.8 Å². The fourth-order valence-corrected chi connectivity index (χ4v) is 3.96. The quantitative estimate of drug-likeness (QED) is 0.748. The highest BCUT2D eigenvalue weighted by molar-refractivity contribution is 5.38. The molecule has 0 radical (unpaired) electrons. The van der Waals surface area contributed by atoms with Crippen LogP contribution in [-0.4, -0.2) is 59.5 Å². The Hall–Kier alpha value is -1.75. The van der Waals surface area contributed by atoms with Gasteiger partial charge in [-0.05, 0) is 56.3 Å². The summed E-state index contributed by atoms with van der Waals surface area (Å²) in [6, 6.07) is 10.9. The summed E-state index contributed by atoms with van der Waals surface area (Å²) in [6.45, 7) is 15.6. The largest absolute Gasteiger partial charge is 0.301 e. The number of aromatic nitrogens is 1. The molecule has 2 heterocycles. The lowest BCUT2D eigenvalue weighted by atomic mass is 9.98. The lowest BCUT2D eigenvalue weighted by Gasteiger charge is -2.34. The van der Waals surface area contributed by atoms with Crippen LogP contribution < -0.4 is 0 Å². The maximum Gasteiger partial charge on any atom is 0.0543 e. The van der Waals surface area contributed by atoms with E-state index in [1.165, 1.54) is 55.0 Å². The van der Waals surface area contributed by atoms with Crippen LogP contribution in [0.1, 0.15) is 34.9 Å². The first kappa shape index (κ1) is 20.0. The van der Waals surface area contributed by atoms with Gasteiger partial charge in [0, 0.05) is 52.0 Å². The minimum Gasteiger partial charge on any atom is -0.301 e. The number of pyridine rings is 1. The van der Waals surface area contributed by atoms with Gasteiger partial charge in [0.2, 0.25) is 0 Å². The van der Waals surface area contributed by atoms with Gasteiger partial charge in [-0.15, -0.1) is 0 Å². The molecule has 1 aliphatic heterocycles. The standard InChI is InChI=1S/C23H34N4/c1-5-26-10-12-27(13-11-26)17-22-15-19(2)14-21(20(22)3)16-25(4)18-23-8-6-7-9-24-23/h6-9,14-15H,5,10-13,16-18H2,1-4H3. The molecule has 146 valence electrons. The van der Waals surface area contributed by atoms with Crippen LogP contribution in [0, 0.1) is 13.8 Å². The predicted octanol–water partition coefficient (Wildman–Crippen LogP) is 3.47. The van der Waals surface area contributed by atoms with Crippen molar-refractivity contribution in [1.29, 1.82) is 0 Å². The average Bonchev–Trinajstić information content (AvgIpc) is 2.67. The smallest absolute Gasteiger partial charge is 0.0543 e. The Morgan fingerprint density at radius 3 is 2.33 bits per heavy atom. The van der Waals surface area contributed by atoms with E-state index in [0.29, 0.717) is 0 Å². The number of aryl methyl sites for hydroxylation is 1. The molecule has 2 aromatic rings. The molecule has 4 heteroatoms. The second-order valence-electron chi connectivity index (χ2n) is 7.91. The fraction of sp³-hybridized carbons (Fsp3) is 0.522. The summed E-state index contributed by atoms with van der Waals surface area (Å²) in [5.41, 5.74) is 6.87. The van der Waals surface area contributed by atoms with E-state index in [4.69, 9.17) is 0 Å². The highest BCUT2D eigenvalue weighted by atomic mass is 15.3. The van der Waals surface area contributed by atoms with E-state index in [9.17, 15) is 0 Å². The first-order valence-electron chi connectivity index (χ1n) is 10.2. The van der Waals surface area contributed by atoms with Crippen molar-refractivity contribution in [2.24, 2.45) is 0 Å². The molecular weight excluding hydrogens is 332 g/mol. The third kappa shape index (κ3) is 5.61. The highest BCUT2D eigenvalue weighted by Gasteiger charge is 2.17. The number of nitrogens with zero attached hydrogens (tertiary/aromatic N) is 4. The van der Waals surface area contributed by atoms with Crippen molar-refractivity contribution in [1.82, 2.24) is 19.7 Å². The third-order valence-electron chi connectivity index (χ3n) is 5.67. The minimum absolute atomic E-state index is 0.878. The molecule has 1 saturated heterocycles. The zero-order valence-electron chi connectivity index (χ0n) is 17.4. The Bertz CT molecular complexity index is 721. The summed E-state index contributed by atoms with van der Waals surface area (Å²) >= 11 is 0. The van der Waals surface area contributed by atoms with E-state index in [1.54, 1.807) is 0 Å². The second kappa shape index (κ2) is 9.45. The van der Waals surface area contributed by atoms with Crippen molar-refractivity contribution in [3.63, 3.8) is 0 Å². The number of hydrogen-bond donors (Lipinski definition) is 0. The first-order valence-corrected chi connectivity index (χ1v) is 10.2. The molecule has 0 spiro atoms. The van der Waals surface area contributed by atoms with Crippen LogP contribution in [0.15, 0.2) is 36.5 Å². The Balaban J connectivity index is 1.66. The van der Waals surface area contributed by atoms with Gasteiger partial charge in [-0.25, -0.2) is 0 Å². The van der Waals surface area contributed by atoms with Gasteiger partial charge in [0.25, 0.3) is 0 Å². The number of piperazine rings is 1. The monoisotopic (exact) mass is 366 g/mol. The maximum atomic E-state index is 4.46. The van der Waals surface area contributed by atoms with Crippen molar-refractivity contribution in [3.05, 3.63) is 64.5 Å². The van der Waals surface area contributed by atoms with Gasteiger partial charge >= 0.3 is 0 Å². The van der Waals surface area contributed by atoms with Gasteiger partial charge in [0.1, 0.15) is 0 Å².